The first kappa shape index (κ1) is 17.9. The second-order valence-corrected chi connectivity index (χ2v) is 5.71. The number of hydrogen-bond acceptors (Lipinski definition) is 4. The van der Waals surface area contributed by atoms with Gasteiger partial charge in [-0.3, -0.25) is 15.0 Å². The van der Waals surface area contributed by atoms with Crippen LogP contribution >= 0.6 is 12.4 Å². The highest BCUT2D eigenvalue weighted by atomic mass is 35.5. The number of nitro groups is 1. The van der Waals surface area contributed by atoms with E-state index in [-0.39, 0.29) is 29.1 Å². The molecule has 0 bridgehead atoms. The summed E-state index contributed by atoms with van der Waals surface area (Å²) in [5.74, 6) is 0. The highest BCUT2D eigenvalue weighted by Gasteiger charge is 2.26. The standard InChI is InChI=1S/C15H23N3O2.ClH/c1-11-13(6-5-8-14(11)18(19)20)10-17-9-4-3-7-15(17)12(2)16;/h5-6,8,12,15H,3-4,7,9-10,16H2,1-2H3;1H. The van der Waals surface area contributed by atoms with Gasteiger partial charge in [0.2, 0.25) is 0 Å². The third kappa shape index (κ3) is 4.15. The summed E-state index contributed by atoms with van der Waals surface area (Å²) in [4.78, 5) is 13.1. The van der Waals surface area contributed by atoms with E-state index in [1.165, 1.54) is 12.8 Å². The van der Waals surface area contributed by atoms with Crippen molar-refractivity contribution in [2.45, 2.75) is 51.7 Å². The van der Waals surface area contributed by atoms with Crippen LogP contribution in [0.4, 0.5) is 5.69 Å². The Hall–Kier alpha value is -1.17. The second kappa shape index (κ2) is 7.73. The zero-order chi connectivity index (χ0) is 14.7. The Kier molecular flexibility index (Phi) is 6.58. The lowest BCUT2D eigenvalue weighted by Crippen LogP contribution is -2.48. The number of rotatable bonds is 4. The van der Waals surface area contributed by atoms with Crippen LogP contribution in [0.15, 0.2) is 18.2 Å². The maximum absolute atomic E-state index is 11.0. The fourth-order valence-electron chi connectivity index (χ4n) is 3.07. The lowest BCUT2D eigenvalue weighted by atomic mass is 9.95. The van der Waals surface area contributed by atoms with E-state index in [1.54, 1.807) is 12.1 Å². The molecule has 2 unspecified atom stereocenters. The van der Waals surface area contributed by atoms with Crippen molar-refractivity contribution in [2.24, 2.45) is 5.73 Å². The zero-order valence-electron chi connectivity index (χ0n) is 12.6. The molecule has 1 aliphatic heterocycles. The maximum Gasteiger partial charge on any atom is 0.272 e. The minimum Gasteiger partial charge on any atom is -0.327 e. The molecule has 2 N–H and O–H groups in total. The van der Waals surface area contributed by atoms with Gasteiger partial charge >= 0.3 is 0 Å². The summed E-state index contributed by atoms with van der Waals surface area (Å²) in [6.07, 6.45) is 3.51. The van der Waals surface area contributed by atoms with Gasteiger partial charge in [0.25, 0.3) is 5.69 Å². The molecule has 5 nitrogen and oxygen atoms in total. The Morgan fingerprint density at radius 3 is 2.81 bits per heavy atom. The summed E-state index contributed by atoms with van der Waals surface area (Å²) in [5, 5.41) is 11.0. The molecule has 0 saturated carbocycles. The fourth-order valence-corrected chi connectivity index (χ4v) is 3.07. The van der Waals surface area contributed by atoms with Gasteiger partial charge in [-0.1, -0.05) is 18.6 Å². The Balaban J connectivity index is 0.00000220. The quantitative estimate of drug-likeness (QED) is 0.685. The van der Waals surface area contributed by atoms with E-state index >= 15 is 0 Å². The molecule has 0 amide bonds. The third-order valence-corrected chi connectivity index (χ3v) is 4.26. The molecule has 1 aromatic carbocycles. The zero-order valence-corrected chi connectivity index (χ0v) is 13.4. The summed E-state index contributed by atoms with van der Waals surface area (Å²) in [7, 11) is 0. The number of hydrogen-bond donors (Lipinski definition) is 1. The van der Waals surface area contributed by atoms with Crippen LogP contribution in [-0.4, -0.2) is 28.5 Å². The van der Waals surface area contributed by atoms with Gasteiger partial charge in [0.15, 0.2) is 0 Å². The molecule has 0 aromatic heterocycles. The molecule has 1 saturated heterocycles. The number of piperidine rings is 1. The Morgan fingerprint density at radius 2 is 2.19 bits per heavy atom. The molecule has 21 heavy (non-hydrogen) atoms. The number of nitro benzene ring substituents is 1. The molecule has 1 aliphatic rings. The van der Waals surface area contributed by atoms with Gasteiger partial charge in [-0.05, 0) is 38.8 Å². The monoisotopic (exact) mass is 313 g/mol. The van der Waals surface area contributed by atoms with Crippen molar-refractivity contribution in [1.29, 1.82) is 0 Å². The minimum absolute atomic E-state index is 0. The predicted octanol–water partition coefficient (Wildman–Crippen LogP) is 3.03. The van der Waals surface area contributed by atoms with Crippen LogP contribution in [0.2, 0.25) is 0 Å². The largest absolute Gasteiger partial charge is 0.327 e. The van der Waals surface area contributed by atoms with Gasteiger partial charge in [-0.15, -0.1) is 12.4 Å². The number of nitrogens with two attached hydrogens (primary N) is 1. The van der Waals surface area contributed by atoms with Gasteiger partial charge in [-0.2, -0.15) is 0 Å². The van der Waals surface area contributed by atoms with E-state index in [4.69, 9.17) is 5.73 Å². The van der Waals surface area contributed by atoms with E-state index in [0.29, 0.717) is 6.04 Å². The van der Waals surface area contributed by atoms with Gasteiger partial charge in [0, 0.05) is 30.3 Å². The van der Waals surface area contributed by atoms with Crippen molar-refractivity contribution in [1.82, 2.24) is 4.90 Å². The first-order valence-electron chi connectivity index (χ1n) is 7.23. The summed E-state index contributed by atoms with van der Waals surface area (Å²) < 4.78 is 0. The van der Waals surface area contributed by atoms with Crippen LogP contribution in [0.25, 0.3) is 0 Å². The second-order valence-electron chi connectivity index (χ2n) is 5.71. The van der Waals surface area contributed by atoms with E-state index in [9.17, 15) is 10.1 Å². The molecule has 2 rings (SSSR count). The number of likely N-dealkylation sites (tertiary alicyclic amines) is 1. The molecular formula is C15H24ClN3O2. The third-order valence-electron chi connectivity index (χ3n) is 4.26. The first-order valence-corrected chi connectivity index (χ1v) is 7.23. The lowest BCUT2D eigenvalue weighted by Gasteiger charge is -2.38. The van der Waals surface area contributed by atoms with Crippen LogP contribution in [-0.2, 0) is 6.54 Å². The summed E-state index contributed by atoms with van der Waals surface area (Å²) in [5.41, 5.74) is 8.09. The van der Waals surface area contributed by atoms with Crippen LogP contribution in [0.5, 0.6) is 0 Å². The molecule has 118 valence electrons. The minimum atomic E-state index is -0.307. The first-order chi connectivity index (χ1) is 9.50. The van der Waals surface area contributed by atoms with Crippen molar-refractivity contribution in [3.63, 3.8) is 0 Å². The fraction of sp³-hybridized carbons (Fsp3) is 0.600. The van der Waals surface area contributed by atoms with Crippen LogP contribution in [0.3, 0.4) is 0 Å². The molecule has 1 fully saturated rings. The van der Waals surface area contributed by atoms with Crippen molar-refractivity contribution >= 4 is 18.1 Å². The van der Waals surface area contributed by atoms with Gasteiger partial charge in [0.1, 0.15) is 0 Å². The summed E-state index contributed by atoms with van der Waals surface area (Å²) in [6.45, 7) is 5.65. The molecule has 0 aliphatic carbocycles. The van der Waals surface area contributed by atoms with E-state index in [1.807, 2.05) is 19.9 Å². The molecule has 6 heteroatoms. The number of nitrogens with zero attached hydrogens (tertiary/aromatic N) is 2. The molecule has 0 radical (unpaired) electrons. The van der Waals surface area contributed by atoms with E-state index in [0.717, 1.165) is 30.6 Å². The van der Waals surface area contributed by atoms with Gasteiger partial charge < -0.3 is 5.73 Å². The van der Waals surface area contributed by atoms with E-state index < -0.39 is 0 Å². The number of halogens is 1. The Labute approximate surface area is 132 Å². The van der Waals surface area contributed by atoms with E-state index in [2.05, 4.69) is 4.90 Å². The average molecular weight is 314 g/mol. The van der Waals surface area contributed by atoms with Crippen molar-refractivity contribution < 1.29 is 4.92 Å². The highest BCUT2D eigenvalue weighted by Crippen LogP contribution is 2.26. The Bertz CT molecular complexity index is 494. The van der Waals surface area contributed by atoms with Crippen molar-refractivity contribution in [3.8, 4) is 0 Å². The van der Waals surface area contributed by atoms with Crippen molar-refractivity contribution in [2.75, 3.05) is 6.54 Å². The maximum atomic E-state index is 11.0. The molecule has 1 heterocycles. The summed E-state index contributed by atoms with van der Waals surface area (Å²) in [6, 6.07) is 5.83. The summed E-state index contributed by atoms with van der Waals surface area (Å²) >= 11 is 0. The van der Waals surface area contributed by atoms with Crippen LogP contribution < -0.4 is 5.73 Å². The van der Waals surface area contributed by atoms with Crippen molar-refractivity contribution in [3.05, 3.63) is 39.4 Å². The van der Waals surface area contributed by atoms with Crippen LogP contribution in [0, 0.1) is 17.0 Å². The smallest absolute Gasteiger partial charge is 0.272 e. The predicted molar refractivity (Wildman–Crippen MR) is 86.8 cm³/mol. The van der Waals surface area contributed by atoms with Gasteiger partial charge in [0.05, 0.1) is 4.92 Å². The molecule has 2 atom stereocenters. The Morgan fingerprint density at radius 1 is 1.48 bits per heavy atom. The highest BCUT2D eigenvalue weighted by molar-refractivity contribution is 5.85. The molecule has 0 spiro atoms. The molecular weight excluding hydrogens is 290 g/mol. The lowest BCUT2D eigenvalue weighted by molar-refractivity contribution is -0.385. The SMILES string of the molecule is Cc1c(CN2CCCCC2C(C)N)cccc1[N+](=O)[O-].Cl. The van der Waals surface area contributed by atoms with Gasteiger partial charge in [-0.25, -0.2) is 0 Å². The average Bonchev–Trinajstić information content (AvgIpc) is 2.41. The molecule has 1 aromatic rings. The number of benzene rings is 1. The van der Waals surface area contributed by atoms with Crippen LogP contribution in [0.1, 0.15) is 37.3 Å². The topological polar surface area (TPSA) is 72.4 Å². The normalized spacial score (nSPS) is 20.6.